The highest BCUT2D eigenvalue weighted by Crippen LogP contribution is 2.19. The number of sulfonamides is 1. The molecule has 128 valence electrons. The van der Waals surface area contributed by atoms with E-state index >= 15 is 0 Å². The molecule has 1 atom stereocenters. The second-order valence-corrected chi connectivity index (χ2v) is 7.67. The number of esters is 1. The minimum absolute atomic E-state index is 0.0100. The molecule has 0 saturated carbocycles. The van der Waals surface area contributed by atoms with E-state index in [4.69, 9.17) is 4.74 Å². The molecule has 1 aromatic carbocycles. The van der Waals surface area contributed by atoms with Gasteiger partial charge in [-0.25, -0.2) is 8.42 Å². The van der Waals surface area contributed by atoms with Crippen LogP contribution >= 0.6 is 0 Å². The zero-order valence-electron chi connectivity index (χ0n) is 13.4. The highest BCUT2D eigenvalue weighted by atomic mass is 32.2. The van der Waals surface area contributed by atoms with E-state index in [1.165, 1.54) is 4.31 Å². The van der Waals surface area contributed by atoms with Gasteiger partial charge in [0.15, 0.2) is 0 Å². The molecular weight excluding hydrogens is 316 g/mol. The molecule has 0 aliphatic carbocycles. The Morgan fingerprint density at radius 3 is 2.78 bits per heavy atom. The summed E-state index contributed by atoms with van der Waals surface area (Å²) >= 11 is 0. The maximum Gasteiger partial charge on any atom is 0.305 e. The van der Waals surface area contributed by atoms with E-state index in [-0.39, 0.29) is 24.2 Å². The van der Waals surface area contributed by atoms with Crippen molar-refractivity contribution >= 4 is 21.7 Å². The Bertz CT molecular complexity index is 604. The summed E-state index contributed by atoms with van der Waals surface area (Å²) in [6.07, 6.45) is 1.23. The minimum atomic E-state index is -3.31. The molecular formula is C16H24N2O4S. The van der Waals surface area contributed by atoms with E-state index in [1.807, 2.05) is 30.3 Å². The van der Waals surface area contributed by atoms with Gasteiger partial charge in [-0.3, -0.25) is 4.79 Å². The highest BCUT2D eigenvalue weighted by molar-refractivity contribution is 7.89. The number of hydrogen-bond acceptors (Lipinski definition) is 5. The van der Waals surface area contributed by atoms with Gasteiger partial charge in [0, 0.05) is 31.2 Å². The van der Waals surface area contributed by atoms with Crippen LogP contribution in [0.2, 0.25) is 0 Å². The number of benzene rings is 1. The van der Waals surface area contributed by atoms with E-state index in [0.29, 0.717) is 26.1 Å². The first-order chi connectivity index (χ1) is 11.0. The van der Waals surface area contributed by atoms with Gasteiger partial charge in [-0.05, 0) is 31.9 Å². The fraction of sp³-hybridized carbons (Fsp3) is 0.562. The van der Waals surface area contributed by atoms with E-state index < -0.39 is 10.0 Å². The summed E-state index contributed by atoms with van der Waals surface area (Å²) in [6, 6.07) is 9.90. The van der Waals surface area contributed by atoms with Gasteiger partial charge >= 0.3 is 5.97 Å². The van der Waals surface area contributed by atoms with Crippen molar-refractivity contribution in [2.75, 3.05) is 30.8 Å². The van der Waals surface area contributed by atoms with Crippen molar-refractivity contribution in [2.24, 2.45) is 0 Å². The minimum Gasteiger partial charge on any atom is -0.466 e. The number of carbonyl (C=O) groups excluding carboxylic acids is 1. The fourth-order valence-electron chi connectivity index (χ4n) is 2.63. The van der Waals surface area contributed by atoms with Crippen LogP contribution in [0.3, 0.4) is 0 Å². The SMILES string of the molecule is CCOC(=O)CCCS(=O)(=O)N1CCC(Nc2ccccc2)C1. The number of hydrogen-bond donors (Lipinski definition) is 1. The summed E-state index contributed by atoms with van der Waals surface area (Å²) in [5.41, 5.74) is 0.999. The number of ether oxygens (including phenoxy) is 1. The predicted molar refractivity (Wildman–Crippen MR) is 89.7 cm³/mol. The molecule has 0 bridgehead atoms. The van der Waals surface area contributed by atoms with Crippen LogP contribution < -0.4 is 5.32 Å². The van der Waals surface area contributed by atoms with Gasteiger partial charge in [0.25, 0.3) is 0 Å². The molecule has 0 radical (unpaired) electrons. The molecule has 7 heteroatoms. The fourth-order valence-corrected chi connectivity index (χ4v) is 4.19. The molecule has 0 amide bonds. The lowest BCUT2D eigenvalue weighted by Crippen LogP contribution is -2.33. The van der Waals surface area contributed by atoms with Crippen molar-refractivity contribution in [2.45, 2.75) is 32.2 Å². The van der Waals surface area contributed by atoms with Crippen molar-refractivity contribution in [3.63, 3.8) is 0 Å². The van der Waals surface area contributed by atoms with E-state index in [9.17, 15) is 13.2 Å². The van der Waals surface area contributed by atoms with Crippen molar-refractivity contribution in [3.8, 4) is 0 Å². The summed E-state index contributed by atoms with van der Waals surface area (Å²) in [6.45, 7) is 3.05. The van der Waals surface area contributed by atoms with Crippen LogP contribution in [0, 0.1) is 0 Å². The number of rotatable bonds is 8. The standard InChI is InChI=1S/C16H24N2O4S/c1-2-22-16(19)9-6-12-23(20,21)18-11-10-15(13-18)17-14-7-4-3-5-8-14/h3-5,7-8,15,17H,2,6,9-13H2,1H3. The largest absolute Gasteiger partial charge is 0.466 e. The molecule has 0 spiro atoms. The first-order valence-electron chi connectivity index (χ1n) is 7.96. The van der Waals surface area contributed by atoms with Crippen molar-refractivity contribution < 1.29 is 17.9 Å². The third kappa shape index (κ3) is 5.51. The van der Waals surface area contributed by atoms with Gasteiger partial charge in [0.2, 0.25) is 10.0 Å². The van der Waals surface area contributed by atoms with Gasteiger partial charge in [0.1, 0.15) is 0 Å². The summed E-state index contributed by atoms with van der Waals surface area (Å²) in [4.78, 5) is 11.3. The number of nitrogens with zero attached hydrogens (tertiary/aromatic N) is 1. The third-order valence-electron chi connectivity index (χ3n) is 3.78. The molecule has 1 heterocycles. The molecule has 1 saturated heterocycles. The first kappa shape index (κ1) is 17.7. The second-order valence-electron chi connectivity index (χ2n) is 5.58. The van der Waals surface area contributed by atoms with Crippen LogP contribution in [0.15, 0.2) is 30.3 Å². The number of nitrogens with one attached hydrogen (secondary N) is 1. The normalized spacial score (nSPS) is 18.7. The van der Waals surface area contributed by atoms with E-state index in [1.54, 1.807) is 6.92 Å². The van der Waals surface area contributed by atoms with Crippen LogP contribution in [-0.2, 0) is 19.6 Å². The molecule has 1 aliphatic rings. The highest BCUT2D eigenvalue weighted by Gasteiger charge is 2.31. The average molecular weight is 340 g/mol. The maximum atomic E-state index is 12.3. The van der Waals surface area contributed by atoms with Gasteiger partial charge in [-0.2, -0.15) is 4.31 Å². The van der Waals surface area contributed by atoms with Gasteiger partial charge < -0.3 is 10.1 Å². The third-order valence-corrected chi connectivity index (χ3v) is 5.70. The van der Waals surface area contributed by atoms with Gasteiger partial charge in [-0.15, -0.1) is 0 Å². The number of anilines is 1. The van der Waals surface area contributed by atoms with Crippen LogP contribution in [0.25, 0.3) is 0 Å². The Kier molecular flexibility index (Phi) is 6.41. The topological polar surface area (TPSA) is 75.7 Å². The lowest BCUT2D eigenvalue weighted by atomic mass is 10.2. The van der Waals surface area contributed by atoms with Gasteiger partial charge in [0.05, 0.1) is 12.4 Å². The lowest BCUT2D eigenvalue weighted by Gasteiger charge is -2.17. The maximum absolute atomic E-state index is 12.3. The summed E-state index contributed by atoms with van der Waals surface area (Å²) < 4.78 is 31.0. The first-order valence-corrected chi connectivity index (χ1v) is 9.57. The van der Waals surface area contributed by atoms with Gasteiger partial charge in [-0.1, -0.05) is 18.2 Å². The predicted octanol–water partition coefficient (Wildman–Crippen LogP) is 1.85. The average Bonchev–Trinajstić information content (AvgIpc) is 2.98. The van der Waals surface area contributed by atoms with Crippen LogP contribution in [0.1, 0.15) is 26.2 Å². The molecule has 1 aliphatic heterocycles. The number of para-hydroxylation sites is 1. The molecule has 1 aromatic rings. The molecule has 6 nitrogen and oxygen atoms in total. The summed E-state index contributed by atoms with van der Waals surface area (Å²) in [5, 5.41) is 3.35. The second kappa shape index (κ2) is 8.31. The number of carbonyl (C=O) groups is 1. The molecule has 0 aromatic heterocycles. The monoisotopic (exact) mass is 340 g/mol. The molecule has 1 N–H and O–H groups in total. The molecule has 2 rings (SSSR count). The van der Waals surface area contributed by atoms with E-state index in [2.05, 4.69) is 5.32 Å². The Labute approximate surface area is 137 Å². The molecule has 1 fully saturated rings. The van der Waals surface area contributed by atoms with Crippen molar-refractivity contribution in [1.29, 1.82) is 0 Å². The lowest BCUT2D eigenvalue weighted by molar-refractivity contribution is -0.143. The zero-order valence-corrected chi connectivity index (χ0v) is 14.2. The van der Waals surface area contributed by atoms with E-state index in [0.717, 1.165) is 12.1 Å². The Morgan fingerprint density at radius 2 is 2.09 bits per heavy atom. The van der Waals surface area contributed by atoms with Crippen molar-refractivity contribution in [3.05, 3.63) is 30.3 Å². The Hall–Kier alpha value is -1.60. The zero-order chi connectivity index (χ0) is 16.7. The quantitative estimate of drug-likeness (QED) is 0.731. The Balaban J connectivity index is 1.79. The van der Waals surface area contributed by atoms with Crippen LogP contribution in [-0.4, -0.2) is 50.2 Å². The van der Waals surface area contributed by atoms with Crippen LogP contribution in [0.4, 0.5) is 5.69 Å². The smallest absolute Gasteiger partial charge is 0.305 e. The summed E-state index contributed by atoms with van der Waals surface area (Å²) in [7, 11) is -3.31. The van der Waals surface area contributed by atoms with Crippen LogP contribution in [0.5, 0.6) is 0 Å². The Morgan fingerprint density at radius 1 is 1.35 bits per heavy atom. The molecule has 1 unspecified atom stereocenters. The molecule has 23 heavy (non-hydrogen) atoms. The van der Waals surface area contributed by atoms with Crippen molar-refractivity contribution in [1.82, 2.24) is 4.31 Å². The summed E-state index contributed by atoms with van der Waals surface area (Å²) in [5.74, 6) is -0.350.